The predicted octanol–water partition coefficient (Wildman–Crippen LogP) is -6.03. The number of hydrogen-bond acceptors (Lipinski definition) is 26. The van der Waals surface area contributed by atoms with Gasteiger partial charge in [-0.25, -0.2) is 65.9 Å². The van der Waals surface area contributed by atoms with Gasteiger partial charge < -0.3 is 35.1 Å². The fourth-order valence-corrected chi connectivity index (χ4v) is 5.69. The first kappa shape index (κ1) is 73.1. The molecule has 31 heteroatoms. The minimum Gasteiger partial charge on any atom is -0.870 e. The van der Waals surface area contributed by atoms with Gasteiger partial charge in [0.05, 0.1) is 53.7 Å². The van der Waals surface area contributed by atoms with E-state index in [9.17, 15) is 0 Å². The van der Waals surface area contributed by atoms with Crippen LogP contribution >= 0.6 is 0 Å². The van der Waals surface area contributed by atoms with Gasteiger partial charge in [0.2, 0.25) is 0 Å². The van der Waals surface area contributed by atoms with Crippen LogP contribution in [0.2, 0.25) is 0 Å². The van der Waals surface area contributed by atoms with E-state index in [1.165, 1.54) is 6.92 Å². The van der Waals surface area contributed by atoms with Gasteiger partial charge in [-0.3, -0.25) is 20.0 Å². The molecule has 0 saturated heterocycles. The number of halogens is 3. The maximum absolute atomic E-state index is 8.49. The number of benzene rings is 4. The molecule has 4 bridgehead atoms. The third-order valence-electron chi connectivity index (χ3n) is 8.53. The maximum atomic E-state index is 8.49. The molecule has 2 aromatic heterocycles. The molecule has 0 unspecified atom stereocenters. The van der Waals surface area contributed by atoms with Crippen molar-refractivity contribution in [3.05, 3.63) is 156 Å². The van der Waals surface area contributed by atoms with Crippen molar-refractivity contribution < 1.29 is 150 Å². The van der Waals surface area contributed by atoms with Gasteiger partial charge in [0.1, 0.15) is 72.2 Å². The number of pyridine rings is 2. The Kier molecular flexibility index (Phi) is 37.2. The summed E-state index contributed by atoms with van der Waals surface area (Å²) < 4.78 is 125. The van der Waals surface area contributed by atoms with E-state index in [0.717, 1.165) is 68.5 Å². The van der Waals surface area contributed by atoms with E-state index >= 15 is 0 Å². The molecule has 0 atom stereocenters. The minimum absolute atomic E-state index is 0. The number of nitrogens with one attached hydrogen (secondary N) is 2. The molecular formula is C48H48Cl3N9O17Zn2. The van der Waals surface area contributed by atoms with Crippen molar-refractivity contribution in [3.63, 3.8) is 0 Å². The Hall–Kier alpha value is -5.93. The normalized spacial score (nSPS) is 13.0. The number of fused-ring (bicyclic) bond motifs is 8. The summed E-state index contributed by atoms with van der Waals surface area (Å²) in [5.74, 6) is 2.98. The first-order valence-corrected chi connectivity index (χ1v) is 25.4. The molecule has 6 aromatic rings. The first-order chi connectivity index (χ1) is 36.2. The maximum Gasteiger partial charge on any atom is 2.00 e. The summed E-state index contributed by atoms with van der Waals surface area (Å²) in [6.45, 7) is 6.45. The van der Waals surface area contributed by atoms with E-state index in [4.69, 9.17) is 80.1 Å². The number of nitriles is 1. The smallest absolute Gasteiger partial charge is 0.870 e. The van der Waals surface area contributed by atoms with Gasteiger partial charge >= 0.3 is 39.0 Å². The number of ether oxygens (including phenoxy) is 4. The van der Waals surface area contributed by atoms with Gasteiger partial charge in [-0.1, -0.05) is 60.7 Å². The second kappa shape index (κ2) is 40.3. The van der Waals surface area contributed by atoms with Crippen molar-refractivity contribution in [2.24, 2.45) is 20.0 Å². The van der Waals surface area contributed by atoms with Gasteiger partial charge in [-0.2, -0.15) is 5.26 Å². The zero-order chi connectivity index (χ0) is 55.7. The summed E-state index contributed by atoms with van der Waals surface area (Å²) in [6.07, 6.45) is 6.94. The molecule has 26 nitrogen and oxygen atoms in total. The third kappa shape index (κ3) is 36.8. The number of aliphatic imine (C=N–C) groups is 4. The average molecular weight is 1260 g/mol. The molecular weight excluding hydrogens is 1210 g/mol. The van der Waals surface area contributed by atoms with E-state index in [0.29, 0.717) is 52.6 Å². The van der Waals surface area contributed by atoms with E-state index in [2.05, 4.69) is 40.6 Å². The van der Waals surface area contributed by atoms with Gasteiger partial charge in [-0.15, -0.1) is 30.7 Å². The van der Waals surface area contributed by atoms with Crippen LogP contribution < -0.4 is 85.5 Å². The molecule has 2 aliphatic rings. The van der Waals surface area contributed by atoms with E-state index < -0.39 is 30.7 Å². The minimum atomic E-state index is -4.94. The van der Waals surface area contributed by atoms with Crippen molar-refractivity contribution in [1.29, 1.82) is 5.26 Å². The predicted molar refractivity (Wildman–Crippen MR) is 244 cm³/mol. The van der Waals surface area contributed by atoms with Crippen LogP contribution in [0.5, 0.6) is 23.0 Å². The summed E-state index contributed by atoms with van der Waals surface area (Å²) in [4.78, 5) is 27.4. The van der Waals surface area contributed by atoms with Crippen molar-refractivity contribution in [2.75, 3.05) is 52.6 Å². The molecule has 0 amide bonds. The van der Waals surface area contributed by atoms with Gasteiger partial charge in [0, 0.05) is 33.1 Å². The second-order valence-electron chi connectivity index (χ2n) is 14.1. The van der Waals surface area contributed by atoms with Crippen LogP contribution in [0.4, 0.5) is 22.7 Å². The van der Waals surface area contributed by atoms with E-state index in [-0.39, 0.29) is 44.4 Å². The number of hydrogen-bond donors (Lipinski definition) is 2. The van der Waals surface area contributed by atoms with Crippen molar-refractivity contribution in [1.82, 2.24) is 20.6 Å². The van der Waals surface area contributed by atoms with Gasteiger partial charge in [-0.05, 0) is 72.8 Å². The van der Waals surface area contributed by atoms with Crippen molar-refractivity contribution in [3.8, 4) is 29.1 Å². The molecule has 0 aliphatic carbocycles. The quantitative estimate of drug-likeness (QED) is 0.134. The van der Waals surface area contributed by atoms with Crippen LogP contribution in [0.1, 0.15) is 29.7 Å². The fourth-order valence-electron chi connectivity index (χ4n) is 5.69. The Morgan fingerprint density at radius 3 is 0.772 bits per heavy atom. The molecule has 4 heterocycles. The van der Waals surface area contributed by atoms with Crippen LogP contribution in [0, 0.1) is 42.1 Å². The fraction of sp³-hybridized carbons (Fsp3) is 0.188. The van der Waals surface area contributed by atoms with E-state index in [1.807, 2.05) is 133 Å². The summed E-state index contributed by atoms with van der Waals surface area (Å²) in [5, 5.41) is 14.0. The topological polar surface area (TPSA) is 467 Å². The monoisotopic (exact) mass is 1260 g/mol. The second-order valence-corrected chi connectivity index (χ2v) is 16.4. The third-order valence-corrected chi connectivity index (χ3v) is 8.53. The average Bonchev–Trinajstić information content (AvgIpc) is 3.35. The Morgan fingerprint density at radius 1 is 0.380 bits per heavy atom. The van der Waals surface area contributed by atoms with Gasteiger partial charge in [0.25, 0.3) is 0 Å². The Morgan fingerprint density at radius 2 is 0.570 bits per heavy atom. The molecule has 0 radical (unpaired) electrons. The number of nitrogens with zero attached hydrogens (tertiary/aromatic N) is 7. The Bertz CT molecular complexity index is 2460. The molecule has 0 fully saturated rings. The van der Waals surface area contributed by atoms with Crippen LogP contribution in [0.25, 0.3) is 0 Å². The van der Waals surface area contributed by atoms with Crippen LogP contribution in [-0.4, -0.2) is 92.9 Å². The summed E-state index contributed by atoms with van der Waals surface area (Å²) in [7, 11) is -14.8. The summed E-state index contributed by atoms with van der Waals surface area (Å²) in [5.41, 5.74) is 6.07. The van der Waals surface area contributed by atoms with E-state index in [1.54, 1.807) is 30.9 Å². The van der Waals surface area contributed by atoms with Crippen LogP contribution in [0.15, 0.2) is 153 Å². The van der Waals surface area contributed by atoms with Gasteiger partial charge in [0.15, 0.2) is 0 Å². The first-order valence-electron chi connectivity index (χ1n) is 21.7. The standard InChI is InChI=1S/2C23H22N4O2.C2H3N.3ClHO4.H2O.2Zn/c2*1-3-10-22-20(8-1)25-16-18-6-5-7-19(27-18)17-26-21-9-2-4-11-23(21)29-15-13-24-12-14-28-22;1-2-3;3*2-1(3,4)5;;;/h2*1-11,16-17,24H,12-15H2;1H3;3*(H,2,3,4,5);1H2;;/q;;;;;;;2*+2/p-4. The number of para-hydroxylation sites is 8. The SMILES string of the molecule is C1=Nc2ccccc2OCCNCCOc2ccccc2N=Cc2cccc1n2.C1=Nc2ccccc2OCCNCCOc2ccccc2N=Cc2cccc1n2.CC#N.[O-][Cl+3]([O-])([O-])[O-].[O-][Cl+3]([O-])([O-])[O-].[O-][Cl+3]([O-])([O-])[O-].[OH-].[Zn+2].[Zn+2]. The Balaban J connectivity index is 0.00000115. The molecule has 4 aromatic carbocycles. The number of aromatic nitrogens is 2. The zero-order valence-electron chi connectivity index (χ0n) is 41.8. The number of rotatable bonds is 0. The van der Waals surface area contributed by atoms with Crippen molar-refractivity contribution in [2.45, 2.75) is 6.92 Å². The van der Waals surface area contributed by atoms with Crippen LogP contribution in [-0.2, 0) is 39.0 Å². The molecule has 8 rings (SSSR count). The molecule has 0 saturated carbocycles. The van der Waals surface area contributed by atoms with Crippen LogP contribution in [0.3, 0.4) is 0 Å². The molecule has 412 valence electrons. The summed E-state index contributed by atoms with van der Waals surface area (Å²) in [6, 6.07) is 44.1. The zero-order valence-corrected chi connectivity index (χ0v) is 50.0. The molecule has 79 heavy (non-hydrogen) atoms. The van der Waals surface area contributed by atoms with Crippen molar-refractivity contribution >= 4 is 47.6 Å². The molecule has 0 spiro atoms. The molecule has 2 aliphatic heterocycles. The Labute approximate surface area is 485 Å². The largest absolute Gasteiger partial charge is 2.00 e. The summed E-state index contributed by atoms with van der Waals surface area (Å²) >= 11 is 0. The molecule has 3 N–H and O–H groups in total.